The van der Waals surface area contributed by atoms with E-state index in [1.807, 2.05) is 26.8 Å². The molecule has 7 nitrogen and oxygen atoms in total. The maximum absolute atomic E-state index is 11.0. The number of anilines is 1. The highest BCUT2D eigenvalue weighted by molar-refractivity contribution is 5.59. The Morgan fingerprint density at radius 2 is 2.19 bits per heavy atom. The van der Waals surface area contributed by atoms with Crippen LogP contribution >= 0.6 is 0 Å². The van der Waals surface area contributed by atoms with Gasteiger partial charge in [-0.25, -0.2) is 0 Å². The third-order valence-electron chi connectivity index (χ3n) is 3.22. The van der Waals surface area contributed by atoms with Crippen molar-refractivity contribution in [2.24, 2.45) is 0 Å². The average molecular weight is 286 g/mol. The van der Waals surface area contributed by atoms with E-state index in [1.54, 1.807) is 6.07 Å². The molecule has 2 aromatic rings. The fourth-order valence-corrected chi connectivity index (χ4v) is 2.30. The molecule has 1 aromatic heterocycles. The van der Waals surface area contributed by atoms with Crippen LogP contribution in [0.15, 0.2) is 22.7 Å². The Hall–Kier alpha value is -2.88. The van der Waals surface area contributed by atoms with Crippen molar-refractivity contribution in [1.29, 1.82) is 5.26 Å². The second-order valence-electron chi connectivity index (χ2n) is 4.70. The molecule has 21 heavy (non-hydrogen) atoms. The Bertz CT molecular complexity index is 711. The summed E-state index contributed by atoms with van der Waals surface area (Å²) in [6.45, 7) is 5.57. The quantitative estimate of drug-likeness (QED) is 0.683. The van der Waals surface area contributed by atoms with Crippen molar-refractivity contribution < 1.29 is 9.45 Å². The zero-order chi connectivity index (χ0) is 15.6. The van der Waals surface area contributed by atoms with Gasteiger partial charge in [0.05, 0.1) is 16.7 Å². The topological polar surface area (TPSA) is 105 Å². The number of nitrogens with zero attached hydrogens (tertiary/aromatic N) is 3. The van der Waals surface area contributed by atoms with E-state index in [-0.39, 0.29) is 17.3 Å². The minimum absolute atomic E-state index is 0.0375. The monoisotopic (exact) mass is 286 g/mol. The van der Waals surface area contributed by atoms with Crippen LogP contribution in [0.4, 0.5) is 11.4 Å². The molecule has 0 spiro atoms. The van der Waals surface area contributed by atoms with Crippen LogP contribution in [-0.4, -0.2) is 10.1 Å². The highest BCUT2D eigenvalue weighted by Crippen LogP contribution is 2.28. The van der Waals surface area contributed by atoms with Gasteiger partial charge in [0.25, 0.3) is 5.69 Å². The van der Waals surface area contributed by atoms with Gasteiger partial charge in [0.1, 0.15) is 17.4 Å². The summed E-state index contributed by atoms with van der Waals surface area (Å²) in [6.07, 6.45) is 0. The largest absolute Gasteiger partial charge is 0.378 e. The lowest BCUT2D eigenvalue weighted by Crippen LogP contribution is -2.08. The molecule has 1 aromatic carbocycles. The summed E-state index contributed by atoms with van der Waals surface area (Å²) in [5.74, 6) is 0.704. The van der Waals surface area contributed by atoms with Gasteiger partial charge in [0.2, 0.25) is 0 Å². The second kappa shape index (κ2) is 5.63. The zero-order valence-electron chi connectivity index (χ0n) is 11.9. The molecule has 0 aliphatic heterocycles. The highest BCUT2D eigenvalue weighted by atomic mass is 16.6. The average Bonchev–Trinajstić information content (AvgIpc) is 2.78. The third-order valence-corrected chi connectivity index (χ3v) is 3.22. The molecule has 1 heterocycles. The Morgan fingerprint density at radius 3 is 2.71 bits per heavy atom. The summed E-state index contributed by atoms with van der Waals surface area (Å²) in [5.41, 5.74) is 2.08. The predicted octanol–water partition coefficient (Wildman–Crippen LogP) is 3.24. The number of rotatable bonds is 4. The Balaban J connectivity index is 2.30. The van der Waals surface area contributed by atoms with Crippen LogP contribution in [0.25, 0.3) is 0 Å². The lowest BCUT2D eigenvalue weighted by molar-refractivity contribution is -0.385. The summed E-state index contributed by atoms with van der Waals surface area (Å²) in [6, 6.07) is 6.11. The standard InChI is InChI=1S/C14H14N4O3/c1-8(14-9(2)17-21-10(14)3)16-12-5-4-11(7-15)13(6-12)18(19)20/h4-6,8,16H,1-3H3. The molecule has 0 amide bonds. The minimum atomic E-state index is -0.565. The van der Waals surface area contributed by atoms with E-state index < -0.39 is 4.92 Å². The molecule has 0 saturated carbocycles. The number of nitro groups is 1. The van der Waals surface area contributed by atoms with E-state index in [9.17, 15) is 10.1 Å². The normalized spacial score (nSPS) is 11.7. The SMILES string of the molecule is Cc1noc(C)c1C(C)Nc1ccc(C#N)c([N+](=O)[O-])c1. The molecule has 0 aliphatic carbocycles. The Kier molecular flexibility index (Phi) is 3.89. The lowest BCUT2D eigenvalue weighted by atomic mass is 10.1. The van der Waals surface area contributed by atoms with Crippen molar-refractivity contribution in [2.75, 3.05) is 5.32 Å². The van der Waals surface area contributed by atoms with Crippen LogP contribution < -0.4 is 5.32 Å². The first kappa shape index (κ1) is 14.5. The molecule has 7 heteroatoms. The summed E-state index contributed by atoms with van der Waals surface area (Å²) in [4.78, 5) is 10.4. The van der Waals surface area contributed by atoms with Gasteiger partial charge in [-0.15, -0.1) is 0 Å². The van der Waals surface area contributed by atoms with Crippen molar-refractivity contribution in [3.05, 3.63) is 50.9 Å². The number of benzene rings is 1. The summed E-state index contributed by atoms with van der Waals surface area (Å²) in [7, 11) is 0. The zero-order valence-corrected chi connectivity index (χ0v) is 11.9. The smallest absolute Gasteiger partial charge is 0.289 e. The lowest BCUT2D eigenvalue weighted by Gasteiger charge is -2.15. The first-order chi connectivity index (χ1) is 9.93. The molecule has 108 valence electrons. The summed E-state index contributed by atoms with van der Waals surface area (Å²) in [5, 5.41) is 26.9. The van der Waals surface area contributed by atoms with Crippen molar-refractivity contribution >= 4 is 11.4 Å². The number of hydrogen-bond donors (Lipinski definition) is 1. The van der Waals surface area contributed by atoms with Gasteiger partial charge in [0.15, 0.2) is 0 Å². The van der Waals surface area contributed by atoms with Gasteiger partial charge in [-0.3, -0.25) is 10.1 Å². The molecule has 2 rings (SSSR count). The van der Waals surface area contributed by atoms with E-state index in [0.717, 1.165) is 11.3 Å². The number of aryl methyl sites for hydroxylation is 2. The van der Waals surface area contributed by atoms with Gasteiger partial charge < -0.3 is 9.84 Å². The van der Waals surface area contributed by atoms with Crippen molar-refractivity contribution in [3.8, 4) is 6.07 Å². The van der Waals surface area contributed by atoms with Crippen LogP contribution in [-0.2, 0) is 0 Å². The summed E-state index contributed by atoms with van der Waals surface area (Å²) < 4.78 is 5.11. The maximum atomic E-state index is 11.0. The fraction of sp³-hybridized carbons (Fsp3) is 0.286. The predicted molar refractivity (Wildman–Crippen MR) is 75.8 cm³/mol. The molecule has 0 aliphatic rings. The fourth-order valence-electron chi connectivity index (χ4n) is 2.30. The number of aromatic nitrogens is 1. The molecule has 1 N–H and O–H groups in total. The van der Waals surface area contributed by atoms with Gasteiger partial charge >= 0.3 is 0 Å². The Morgan fingerprint density at radius 1 is 1.48 bits per heavy atom. The molecule has 0 fully saturated rings. The molecular formula is C14H14N4O3. The van der Waals surface area contributed by atoms with Gasteiger partial charge in [-0.1, -0.05) is 5.16 Å². The first-order valence-electron chi connectivity index (χ1n) is 6.32. The van der Waals surface area contributed by atoms with Crippen molar-refractivity contribution in [1.82, 2.24) is 5.16 Å². The van der Waals surface area contributed by atoms with E-state index in [1.165, 1.54) is 12.1 Å². The molecule has 0 saturated heterocycles. The minimum Gasteiger partial charge on any atom is -0.378 e. The van der Waals surface area contributed by atoms with Crippen LogP contribution in [0.1, 0.15) is 35.5 Å². The number of nitro benzene ring substituents is 1. The number of nitriles is 1. The number of hydrogen-bond acceptors (Lipinski definition) is 6. The van der Waals surface area contributed by atoms with Gasteiger partial charge in [0, 0.05) is 17.3 Å². The summed E-state index contributed by atoms with van der Waals surface area (Å²) >= 11 is 0. The van der Waals surface area contributed by atoms with Crippen molar-refractivity contribution in [3.63, 3.8) is 0 Å². The maximum Gasteiger partial charge on any atom is 0.289 e. The van der Waals surface area contributed by atoms with Crippen molar-refractivity contribution in [2.45, 2.75) is 26.8 Å². The molecule has 1 unspecified atom stereocenters. The van der Waals surface area contributed by atoms with Crippen LogP contribution in [0, 0.1) is 35.3 Å². The molecule has 1 atom stereocenters. The highest BCUT2D eigenvalue weighted by Gasteiger charge is 2.18. The molecule has 0 radical (unpaired) electrons. The Labute approximate surface area is 121 Å². The molecule has 0 bridgehead atoms. The van der Waals surface area contributed by atoms with Gasteiger partial charge in [-0.05, 0) is 32.9 Å². The van der Waals surface area contributed by atoms with Crippen LogP contribution in [0.3, 0.4) is 0 Å². The van der Waals surface area contributed by atoms with E-state index >= 15 is 0 Å². The van der Waals surface area contributed by atoms with E-state index in [4.69, 9.17) is 9.78 Å². The first-order valence-corrected chi connectivity index (χ1v) is 6.32. The van der Waals surface area contributed by atoms with Crippen LogP contribution in [0.2, 0.25) is 0 Å². The van der Waals surface area contributed by atoms with Gasteiger partial charge in [-0.2, -0.15) is 5.26 Å². The second-order valence-corrected chi connectivity index (χ2v) is 4.70. The van der Waals surface area contributed by atoms with Crippen LogP contribution in [0.5, 0.6) is 0 Å². The number of nitrogens with one attached hydrogen (secondary N) is 1. The van der Waals surface area contributed by atoms with E-state index in [0.29, 0.717) is 11.4 Å². The third kappa shape index (κ3) is 2.84. The van der Waals surface area contributed by atoms with E-state index in [2.05, 4.69) is 10.5 Å². The molecular weight excluding hydrogens is 272 g/mol.